The molecule has 1 aromatic carbocycles. The van der Waals surface area contributed by atoms with Gasteiger partial charge in [-0.2, -0.15) is 5.26 Å². The molecule has 0 spiro atoms. The molecule has 1 aromatic rings. The molecule has 0 radical (unpaired) electrons. The van der Waals surface area contributed by atoms with Gasteiger partial charge in [0, 0.05) is 12.1 Å². The van der Waals surface area contributed by atoms with E-state index in [2.05, 4.69) is 37.4 Å². The number of hydrogen-bond acceptors (Lipinski definition) is 2. The first-order chi connectivity index (χ1) is 9.11. The summed E-state index contributed by atoms with van der Waals surface area (Å²) in [6, 6.07) is 13.4. The predicted octanol–water partition coefficient (Wildman–Crippen LogP) is 4.20. The summed E-state index contributed by atoms with van der Waals surface area (Å²) in [5.74, 6) is 0. The van der Waals surface area contributed by atoms with Crippen molar-refractivity contribution < 1.29 is 0 Å². The van der Waals surface area contributed by atoms with Crippen LogP contribution in [-0.2, 0) is 0 Å². The highest BCUT2D eigenvalue weighted by Crippen LogP contribution is 2.35. The molecule has 1 N–H and O–H groups in total. The maximum Gasteiger partial charge on any atom is 0.0641 e. The third-order valence-corrected chi connectivity index (χ3v) is 4.27. The molecule has 1 atom stereocenters. The van der Waals surface area contributed by atoms with Crippen LogP contribution in [0.1, 0.15) is 57.6 Å². The van der Waals surface area contributed by atoms with Gasteiger partial charge < -0.3 is 5.32 Å². The minimum absolute atomic E-state index is 0.178. The molecule has 2 nitrogen and oxygen atoms in total. The average molecular weight is 256 g/mol. The largest absolute Gasteiger partial charge is 0.306 e. The lowest BCUT2D eigenvalue weighted by Gasteiger charge is -2.36. The Kier molecular flexibility index (Phi) is 4.61. The molecular formula is C17H24N2. The van der Waals surface area contributed by atoms with E-state index in [1.165, 1.54) is 31.2 Å². The molecule has 0 saturated heterocycles. The van der Waals surface area contributed by atoms with Gasteiger partial charge in [-0.15, -0.1) is 0 Å². The highest BCUT2D eigenvalue weighted by Gasteiger charge is 2.28. The summed E-state index contributed by atoms with van der Waals surface area (Å²) in [4.78, 5) is 0. The molecule has 1 aliphatic carbocycles. The van der Waals surface area contributed by atoms with Crippen molar-refractivity contribution in [2.45, 2.75) is 58.0 Å². The second kappa shape index (κ2) is 6.21. The van der Waals surface area contributed by atoms with Crippen molar-refractivity contribution in [3.63, 3.8) is 0 Å². The van der Waals surface area contributed by atoms with Gasteiger partial charge in [0.15, 0.2) is 0 Å². The fourth-order valence-corrected chi connectivity index (χ4v) is 2.90. The van der Waals surface area contributed by atoms with E-state index < -0.39 is 0 Å². The Balaban J connectivity index is 1.97. The maximum absolute atomic E-state index is 9.02. The van der Waals surface area contributed by atoms with Gasteiger partial charge in [0.1, 0.15) is 0 Å². The van der Waals surface area contributed by atoms with E-state index in [0.29, 0.717) is 17.9 Å². The van der Waals surface area contributed by atoms with E-state index >= 15 is 0 Å². The van der Waals surface area contributed by atoms with Crippen LogP contribution in [0.15, 0.2) is 30.3 Å². The van der Waals surface area contributed by atoms with Crippen LogP contribution in [0.3, 0.4) is 0 Å². The third kappa shape index (κ3) is 4.08. The van der Waals surface area contributed by atoms with E-state index in [4.69, 9.17) is 5.26 Å². The normalized spacial score (nSPS) is 20.7. The molecule has 1 aliphatic rings. The zero-order chi connectivity index (χ0) is 13.7. The molecule has 19 heavy (non-hydrogen) atoms. The topological polar surface area (TPSA) is 35.8 Å². The van der Waals surface area contributed by atoms with Crippen molar-refractivity contribution in [1.82, 2.24) is 5.32 Å². The lowest BCUT2D eigenvalue weighted by molar-refractivity contribution is 0.198. The number of nitrogens with one attached hydrogen (secondary N) is 1. The summed E-state index contributed by atoms with van der Waals surface area (Å²) in [6.07, 6.45) is 5.55. The minimum Gasteiger partial charge on any atom is -0.306 e. The van der Waals surface area contributed by atoms with E-state index in [9.17, 15) is 0 Å². The van der Waals surface area contributed by atoms with Crippen LogP contribution in [0.4, 0.5) is 0 Å². The minimum atomic E-state index is 0.178. The number of hydrogen-bond donors (Lipinski definition) is 1. The van der Waals surface area contributed by atoms with Crippen molar-refractivity contribution in [3.05, 3.63) is 35.9 Å². The van der Waals surface area contributed by atoms with Crippen LogP contribution in [0, 0.1) is 16.7 Å². The lowest BCUT2D eigenvalue weighted by atomic mass is 9.75. The quantitative estimate of drug-likeness (QED) is 0.876. The van der Waals surface area contributed by atoms with Crippen LogP contribution < -0.4 is 5.32 Å². The van der Waals surface area contributed by atoms with Crippen LogP contribution in [0.5, 0.6) is 0 Å². The summed E-state index contributed by atoms with van der Waals surface area (Å²) in [6.45, 7) is 4.71. The monoisotopic (exact) mass is 256 g/mol. The van der Waals surface area contributed by atoms with Gasteiger partial charge in [-0.05, 0) is 36.7 Å². The predicted molar refractivity (Wildman–Crippen MR) is 78.6 cm³/mol. The van der Waals surface area contributed by atoms with Crippen molar-refractivity contribution in [1.29, 1.82) is 5.26 Å². The van der Waals surface area contributed by atoms with E-state index in [1.807, 2.05) is 18.2 Å². The molecule has 0 aromatic heterocycles. The second-order valence-corrected chi connectivity index (χ2v) is 6.43. The molecule has 1 saturated carbocycles. The first kappa shape index (κ1) is 14.1. The third-order valence-electron chi connectivity index (χ3n) is 4.27. The van der Waals surface area contributed by atoms with Gasteiger partial charge in [0.25, 0.3) is 0 Å². The van der Waals surface area contributed by atoms with Crippen LogP contribution >= 0.6 is 0 Å². The molecular weight excluding hydrogens is 232 g/mol. The Morgan fingerprint density at radius 3 is 2.47 bits per heavy atom. The Morgan fingerprint density at radius 1 is 1.26 bits per heavy atom. The van der Waals surface area contributed by atoms with E-state index in [-0.39, 0.29) is 6.04 Å². The summed E-state index contributed by atoms with van der Waals surface area (Å²) in [7, 11) is 0. The summed E-state index contributed by atoms with van der Waals surface area (Å²) >= 11 is 0. The van der Waals surface area contributed by atoms with Crippen LogP contribution in [-0.4, -0.2) is 6.04 Å². The Bertz CT molecular complexity index is 420. The highest BCUT2D eigenvalue weighted by molar-refractivity contribution is 5.20. The first-order valence-corrected chi connectivity index (χ1v) is 7.29. The molecule has 0 aliphatic heterocycles. The summed E-state index contributed by atoms with van der Waals surface area (Å²) < 4.78 is 0. The second-order valence-electron chi connectivity index (χ2n) is 6.43. The first-order valence-electron chi connectivity index (χ1n) is 7.29. The van der Waals surface area contributed by atoms with Gasteiger partial charge in [0.05, 0.1) is 12.5 Å². The number of benzene rings is 1. The molecule has 102 valence electrons. The Labute approximate surface area is 116 Å². The highest BCUT2D eigenvalue weighted by atomic mass is 15.0. The SMILES string of the molecule is CC1(C)CCC(NC(CC#N)c2ccccc2)CC1. The fraction of sp³-hybridized carbons (Fsp3) is 0.588. The number of nitrogens with zero attached hydrogens (tertiary/aromatic N) is 1. The zero-order valence-electron chi connectivity index (χ0n) is 12.0. The van der Waals surface area contributed by atoms with Crippen molar-refractivity contribution in [3.8, 4) is 6.07 Å². The van der Waals surface area contributed by atoms with Crippen LogP contribution in [0.25, 0.3) is 0 Å². The van der Waals surface area contributed by atoms with Gasteiger partial charge in [-0.3, -0.25) is 0 Å². The lowest BCUT2D eigenvalue weighted by Crippen LogP contribution is -2.37. The van der Waals surface area contributed by atoms with Crippen LogP contribution in [0.2, 0.25) is 0 Å². The zero-order valence-corrected chi connectivity index (χ0v) is 12.0. The standard InChI is InChI=1S/C17H24N2/c1-17(2)11-8-15(9-12-17)19-16(10-13-18)14-6-4-3-5-7-14/h3-7,15-16,19H,8-12H2,1-2H3. The summed E-state index contributed by atoms with van der Waals surface area (Å²) in [5.41, 5.74) is 1.73. The van der Waals surface area contributed by atoms with E-state index in [1.54, 1.807) is 0 Å². The summed E-state index contributed by atoms with van der Waals surface area (Å²) in [5, 5.41) is 12.7. The molecule has 2 heteroatoms. The van der Waals surface area contributed by atoms with Gasteiger partial charge in [-0.25, -0.2) is 0 Å². The maximum atomic E-state index is 9.02. The van der Waals surface area contributed by atoms with Gasteiger partial charge >= 0.3 is 0 Å². The molecule has 1 unspecified atom stereocenters. The molecule has 0 heterocycles. The molecule has 0 bridgehead atoms. The molecule has 1 fully saturated rings. The number of rotatable bonds is 4. The Morgan fingerprint density at radius 2 is 1.89 bits per heavy atom. The number of nitriles is 1. The Hall–Kier alpha value is -1.33. The van der Waals surface area contributed by atoms with Crippen molar-refractivity contribution in [2.75, 3.05) is 0 Å². The molecule has 0 amide bonds. The van der Waals surface area contributed by atoms with Gasteiger partial charge in [0.2, 0.25) is 0 Å². The molecule has 2 rings (SSSR count). The fourth-order valence-electron chi connectivity index (χ4n) is 2.90. The van der Waals surface area contributed by atoms with E-state index in [0.717, 1.165) is 0 Å². The van der Waals surface area contributed by atoms with Crippen molar-refractivity contribution >= 4 is 0 Å². The van der Waals surface area contributed by atoms with Gasteiger partial charge in [-0.1, -0.05) is 44.2 Å². The smallest absolute Gasteiger partial charge is 0.0641 e. The van der Waals surface area contributed by atoms with Crippen molar-refractivity contribution in [2.24, 2.45) is 5.41 Å². The average Bonchev–Trinajstić information content (AvgIpc) is 2.41.